The number of guanidine groups is 1. The van der Waals surface area contributed by atoms with Crippen LogP contribution in [0, 0.1) is 0 Å². The van der Waals surface area contributed by atoms with Crippen LogP contribution in [0.2, 0.25) is 0 Å². The van der Waals surface area contributed by atoms with E-state index in [0.29, 0.717) is 5.69 Å². The quantitative estimate of drug-likeness (QED) is 0.386. The Balaban J connectivity index is 2.09. The van der Waals surface area contributed by atoms with Gasteiger partial charge in [-0.1, -0.05) is 6.07 Å². The molecule has 0 unspecified atom stereocenters. The Morgan fingerprint density at radius 3 is 2.21 bits per heavy atom. The summed E-state index contributed by atoms with van der Waals surface area (Å²) in [6.07, 6.45) is -4.83. The molecule has 0 saturated carbocycles. The van der Waals surface area contributed by atoms with E-state index in [0.717, 1.165) is 12.1 Å². The van der Waals surface area contributed by atoms with Gasteiger partial charge in [-0.05, 0) is 36.4 Å². The summed E-state index contributed by atoms with van der Waals surface area (Å²) in [7, 11) is 0. The van der Waals surface area contributed by atoms with Crippen molar-refractivity contribution in [2.24, 2.45) is 16.5 Å². The molecule has 0 atom stereocenters. The first-order valence-electron chi connectivity index (χ1n) is 6.50. The number of carbonyl (C=O) groups is 1. The molecule has 2 aromatic carbocycles. The molecule has 0 fully saturated rings. The average Bonchev–Trinajstić information content (AvgIpc) is 2.45. The SMILES string of the molecule is NC(N)=Nc1ccc(C(=O)Oc2cccc(OC(F)(F)F)c2)cc1. The van der Waals surface area contributed by atoms with Crippen LogP contribution < -0.4 is 20.9 Å². The predicted molar refractivity (Wildman–Crippen MR) is 80.0 cm³/mol. The number of hydrogen-bond acceptors (Lipinski definition) is 4. The summed E-state index contributed by atoms with van der Waals surface area (Å²) >= 11 is 0. The van der Waals surface area contributed by atoms with Gasteiger partial charge in [-0.15, -0.1) is 13.2 Å². The Labute approximate surface area is 134 Å². The summed E-state index contributed by atoms with van der Waals surface area (Å²) < 4.78 is 45.3. The largest absolute Gasteiger partial charge is 0.573 e. The maximum Gasteiger partial charge on any atom is 0.573 e. The summed E-state index contributed by atoms with van der Waals surface area (Å²) in [4.78, 5) is 15.8. The number of aliphatic imine (C=N–C) groups is 1. The van der Waals surface area contributed by atoms with E-state index in [2.05, 4.69) is 9.73 Å². The highest BCUT2D eigenvalue weighted by Gasteiger charge is 2.31. The molecule has 0 saturated heterocycles. The Hall–Kier alpha value is -3.23. The number of esters is 1. The van der Waals surface area contributed by atoms with Crippen LogP contribution in [0.1, 0.15) is 10.4 Å². The van der Waals surface area contributed by atoms with Gasteiger partial charge in [-0.2, -0.15) is 0 Å². The Morgan fingerprint density at radius 2 is 1.62 bits per heavy atom. The van der Waals surface area contributed by atoms with Crippen molar-refractivity contribution in [3.05, 3.63) is 54.1 Å². The second kappa shape index (κ2) is 6.90. The first-order chi connectivity index (χ1) is 11.2. The third-order valence-electron chi connectivity index (χ3n) is 2.61. The van der Waals surface area contributed by atoms with E-state index < -0.39 is 18.1 Å². The van der Waals surface area contributed by atoms with Crippen LogP contribution in [0.15, 0.2) is 53.5 Å². The van der Waals surface area contributed by atoms with Gasteiger partial charge in [0.1, 0.15) is 11.5 Å². The molecule has 0 aliphatic rings. The number of rotatable bonds is 4. The molecule has 0 bridgehead atoms. The third-order valence-corrected chi connectivity index (χ3v) is 2.61. The van der Waals surface area contributed by atoms with E-state index in [1.165, 1.54) is 36.4 Å². The number of benzene rings is 2. The van der Waals surface area contributed by atoms with Gasteiger partial charge in [0.2, 0.25) is 0 Å². The summed E-state index contributed by atoms with van der Waals surface area (Å²) in [6.45, 7) is 0. The van der Waals surface area contributed by atoms with Crippen LogP contribution in [0.25, 0.3) is 0 Å². The van der Waals surface area contributed by atoms with E-state index in [-0.39, 0.29) is 17.3 Å². The van der Waals surface area contributed by atoms with Crippen LogP contribution in [-0.2, 0) is 0 Å². The molecular weight excluding hydrogens is 327 g/mol. The van der Waals surface area contributed by atoms with Crippen LogP contribution in [0.4, 0.5) is 18.9 Å². The summed E-state index contributed by atoms with van der Waals surface area (Å²) in [6, 6.07) is 10.5. The van der Waals surface area contributed by atoms with Gasteiger partial charge < -0.3 is 20.9 Å². The number of nitrogens with zero attached hydrogens (tertiary/aromatic N) is 1. The van der Waals surface area contributed by atoms with Crippen molar-refractivity contribution in [2.75, 3.05) is 0 Å². The van der Waals surface area contributed by atoms with E-state index in [4.69, 9.17) is 16.2 Å². The number of alkyl halides is 3. The molecule has 4 N–H and O–H groups in total. The summed E-state index contributed by atoms with van der Waals surface area (Å²) in [5, 5.41) is 0. The first kappa shape index (κ1) is 17.1. The minimum atomic E-state index is -4.83. The lowest BCUT2D eigenvalue weighted by molar-refractivity contribution is -0.274. The number of nitrogens with two attached hydrogens (primary N) is 2. The second-order valence-electron chi connectivity index (χ2n) is 4.50. The van der Waals surface area contributed by atoms with Crippen LogP contribution in [0.3, 0.4) is 0 Å². The number of carbonyl (C=O) groups excluding carboxylic acids is 1. The maximum atomic E-state index is 12.2. The highest BCUT2D eigenvalue weighted by molar-refractivity contribution is 5.91. The van der Waals surface area contributed by atoms with Crippen molar-refractivity contribution in [3.63, 3.8) is 0 Å². The molecule has 0 radical (unpaired) electrons. The van der Waals surface area contributed by atoms with Crippen molar-refractivity contribution in [2.45, 2.75) is 6.36 Å². The molecular formula is C15H12F3N3O3. The van der Waals surface area contributed by atoms with E-state index in [1.807, 2.05) is 0 Å². The molecule has 0 aliphatic heterocycles. The lowest BCUT2D eigenvalue weighted by Gasteiger charge is -2.10. The summed E-state index contributed by atoms with van der Waals surface area (Å²) in [5.74, 6) is -1.46. The number of ether oxygens (including phenoxy) is 2. The molecule has 2 aromatic rings. The predicted octanol–water partition coefficient (Wildman–Crippen LogP) is 2.71. The Kier molecular flexibility index (Phi) is 4.93. The molecule has 0 aromatic heterocycles. The van der Waals surface area contributed by atoms with Gasteiger partial charge in [0.15, 0.2) is 5.96 Å². The Morgan fingerprint density at radius 1 is 1.00 bits per heavy atom. The lowest BCUT2D eigenvalue weighted by atomic mass is 10.2. The highest BCUT2D eigenvalue weighted by atomic mass is 19.4. The molecule has 0 heterocycles. The van der Waals surface area contributed by atoms with Gasteiger partial charge >= 0.3 is 12.3 Å². The van der Waals surface area contributed by atoms with Gasteiger partial charge in [0.25, 0.3) is 0 Å². The average molecular weight is 339 g/mol. The fourth-order valence-electron chi connectivity index (χ4n) is 1.72. The first-order valence-corrected chi connectivity index (χ1v) is 6.50. The zero-order valence-corrected chi connectivity index (χ0v) is 12.1. The van der Waals surface area contributed by atoms with Crippen LogP contribution in [0.5, 0.6) is 11.5 Å². The smallest absolute Gasteiger partial charge is 0.423 e. The molecule has 2 rings (SSSR count). The second-order valence-corrected chi connectivity index (χ2v) is 4.50. The van der Waals surface area contributed by atoms with Crippen molar-refractivity contribution >= 4 is 17.6 Å². The zero-order valence-electron chi connectivity index (χ0n) is 12.1. The van der Waals surface area contributed by atoms with Crippen molar-refractivity contribution in [1.29, 1.82) is 0 Å². The van der Waals surface area contributed by atoms with E-state index >= 15 is 0 Å². The normalized spacial score (nSPS) is 10.8. The number of halogens is 3. The molecule has 126 valence electrons. The number of hydrogen-bond donors (Lipinski definition) is 2. The van der Waals surface area contributed by atoms with Crippen molar-refractivity contribution in [1.82, 2.24) is 0 Å². The molecule has 0 aliphatic carbocycles. The molecule has 9 heteroatoms. The van der Waals surface area contributed by atoms with Crippen molar-refractivity contribution in [3.8, 4) is 11.5 Å². The monoisotopic (exact) mass is 339 g/mol. The minimum Gasteiger partial charge on any atom is -0.423 e. The minimum absolute atomic E-state index is 0.0879. The third kappa shape index (κ3) is 5.20. The van der Waals surface area contributed by atoms with Gasteiger partial charge in [0.05, 0.1) is 11.3 Å². The maximum absolute atomic E-state index is 12.2. The zero-order chi connectivity index (χ0) is 17.7. The fraction of sp³-hybridized carbons (Fsp3) is 0.0667. The van der Waals surface area contributed by atoms with Crippen molar-refractivity contribution < 1.29 is 27.4 Å². The molecule has 24 heavy (non-hydrogen) atoms. The Bertz CT molecular complexity index is 755. The van der Waals surface area contributed by atoms with Crippen LogP contribution >= 0.6 is 0 Å². The van der Waals surface area contributed by atoms with E-state index in [1.54, 1.807) is 0 Å². The molecule has 6 nitrogen and oxygen atoms in total. The van der Waals surface area contributed by atoms with Gasteiger partial charge in [0, 0.05) is 6.07 Å². The molecule has 0 spiro atoms. The standard InChI is InChI=1S/C15H12F3N3O3/c16-15(17,18)24-12-3-1-2-11(8-12)23-13(22)9-4-6-10(7-5-9)21-14(19)20/h1-8H,(H4,19,20,21). The lowest BCUT2D eigenvalue weighted by Crippen LogP contribution is -2.21. The van der Waals surface area contributed by atoms with E-state index in [9.17, 15) is 18.0 Å². The molecule has 0 amide bonds. The van der Waals surface area contributed by atoms with Gasteiger partial charge in [-0.3, -0.25) is 0 Å². The fourth-order valence-corrected chi connectivity index (χ4v) is 1.72. The topological polar surface area (TPSA) is 99.9 Å². The van der Waals surface area contributed by atoms with Crippen LogP contribution in [-0.4, -0.2) is 18.3 Å². The van der Waals surface area contributed by atoms with Gasteiger partial charge in [-0.25, -0.2) is 9.79 Å². The summed E-state index contributed by atoms with van der Waals surface area (Å²) in [5.41, 5.74) is 11.1. The highest BCUT2D eigenvalue weighted by Crippen LogP contribution is 2.26.